The molecule has 0 aromatic heterocycles. The molecular weight excluding hydrogens is 212 g/mol. The predicted molar refractivity (Wildman–Crippen MR) is 59.3 cm³/mol. The number of hydrogen-bond donors (Lipinski definition) is 1. The van der Waals surface area contributed by atoms with Gasteiger partial charge in [0.2, 0.25) is 5.79 Å². The highest BCUT2D eigenvalue weighted by atomic mass is 16.7. The van der Waals surface area contributed by atoms with E-state index >= 15 is 0 Å². The number of carboxylic acids is 1. The summed E-state index contributed by atoms with van der Waals surface area (Å²) in [6.07, 6.45) is 1.44. The van der Waals surface area contributed by atoms with Crippen molar-refractivity contribution < 1.29 is 24.1 Å². The minimum Gasteiger partial charge on any atom is -0.478 e. The van der Waals surface area contributed by atoms with Crippen molar-refractivity contribution in [2.45, 2.75) is 26.6 Å². The van der Waals surface area contributed by atoms with Gasteiger partial charge in [0.25, 0.3) is 0 Å². The number of rotatable bonds is 8. The summed E-state index contributed by atoms with van der Waals surface area (Å²) in [7, 11) is 1.51. The van der Waals surface area contributed by atoms with Gasteiger partial charge in [-0.3, -0.25) is 0 Å². The van der Waals surface area contributed by atoms with Crippen LogP contribution in [0, 0.1) is 0 Å². The highest BCUT2D eigenvalue weighted by Crippen LogP contribution is 2.18. The Kier molecular flexibility index (Phi) is 6.96. The van der Waals surface area contributed by atoms with Gasteiger partial charge in [-0.05, 0) is 26.8 Å². The average molecular weight is 232 g/mol. The molecule has 0 aliphatic carbocycles. The first kappa shape index (κ1) is 15.1. The second-order valence-electron chi connectivity index (χ2n) is 3.24. The lowest BCUT2D eigenvalue weighted by Crippen LogP contribution is -2.39. The second kappa shape index (κ2) is 7.38. The van der Waals surface area contributed by atoms with E-state index in [0.717, 1.165) is 0 Å². The Hall–Kier alpha value is -0.910. The molecule has 0 amide bonds. The van der Waals surface area contributed by atoms with Gasteiger partial charge >= 0.3 is 5.97 Å². The molecule has 0 atom stereocenters. The van der Waals surface area contributed by atoms with Crippen LogP contribution >= 0.6 is 0 Å². The molecule has 1 N–H and O–H groups in total. The van der Waals surface area contributed by atoms with Crippen LogP contribution in [-0.2, 0) is 19.0 Å². The van der Waals surface area contributed by atoms with Crippen LogP contribution in [0.3, 0.4) is 0 Å². The van der Waals surface area contributed by atoms with Crippen molar-refractivity contribution in [2.75, 3.05) is 26.9 Å². The summed E-state index contributed by atoms with van der Waals surface area (Å²) in [5.74, 6) is -2.11. The fourth-order valence-electron chi connectivity index (χ4n) is 1.33. The molecule has 94 valence electrons. The predicted octanol–water partition coefficient (Wildman–Crippen LogP) is 1.43. The number of hydrogen-bond acceptors (Lipinski definition) is 4. The Morgan fingerprint density at radius 2 is 1.81 bits per heavy atom. The minimum atomic E-state index is -1.11. The number of carbonyl (C=O) groups is 1. The standard InChI is InChI=1S/C11H20O5/c1-5-15-11(8-14-4,16-6-2)7-9(3)10(12)13/h7H,5-6,8H2,1-4H3,(H,12,13). The van der Waals surface area contributed by atoms with Crippen molar-refractivity contribution in [3.8, 4) is 0 Å². The summed E-state index contributed by atoms with van der Waals surface area (Å²) in [6.45, 7) is 6.09. The molecule has 5 nitrogen and oxygen atoms in total. The zero-order valence-corrected chi connectivity index (χ0v) is 10.3. The van der Waals surface area contributed by atoms with E-state index in [1.807, 2.05) is 13.8 Å². The van der Waals surface area contributed by atoms with Gasteiger partial charge in [-0.15, -0.1) is 0 Å². The van der Waals surface area contributed by atoms with Crippen LogP contribution in [0.25, 0.3) is 0 Å². The van der Waals surface area contributed by atoms with Gasteiger partial charge in [-0.25, -0.2) is 4.79 Å². The fourth-order valence-corrected chi connectivity index (χ4v) is 1.33. The van der Waals surface area contributed by atoms with Crippen molar-refractivity contribution in [3.63, 3.8) is 0 Å². The van der Waals surface area contributed by atoms with E-state index < -0.39 is 11.8 Å². The second-order valence-corrected chi connectivity index (χ2v) is 3.24. The quantitative estimate of drug-likeness (QED) is 0.506. The third kappa shape index (κ3) is 4.74. The lowest BCUT2D eigenvalue weighted by molar-refractivity contribution is -0.223. The minimum absolute atomic E-state index is 0.152. The zero-order valence-electron chi connectivity index (χ0n) is 10.3. The number of aliphatic carboxylic acids is 1. The molecule has 0 aliphatic rings. The molecule has 0 radical (unpaired) electrons. The lowest BCUT2D eigenvalue weighted by atomic mass is 10.2. The van der Waals surface area contributed by atoms with E-state index in [-0.39, 0.29) is 12.2 Å². The van der Waals surface area contributed by atoms with Crippen LogP contribution in [0.15, 0.2) is 11.6 Å². The van der Waals surface area contributed by atoms with E-state index in [0.29, 0.717) is 13.2 Å². The molecule has 0 rings (SSSR count). The van der Waals surface area contributed by atoms with Crippen molar-refractivity contribution >= 4 is 5.97 Å². The van der Waals surface area contributed by atoms with Gasteiger partial charge in [0.15, 0.2) is 0 Å². The first-order valence-corrected chi connectivity index (χ1v) is 5.21. The van der Waals surface area contributed by atoms with Crippen LogP contribution in [0.1, 0.15) is 20.8 Å². The molecule has 0 aliphatic heterocycles. The van der Waals surface area contributed by atoms with E-state index in [1.165, 1.54) is 20.1 Å². The van der Waals surface area contributed by atoms with E-state index in [9.17, 15) is 4.79 Å². The maximum Gasteiger partial charge on any atom is 0.331 e. The highest BCUT2D eigenvalue weighted by Gasteiger charge is 2.30. The van der Waals surface area contributed by atoms with E-state index in [1.54, 1.807) is 0 Å². The summed E-state index contributed by atoms with van der Waals surface area (Å²) in [6, 6.07) is 0. The van der Waals surface area contributed by atoms with Gasteiger partial charge in [0, 0.05) is 25.9 Å². The van der Waals surface area contributed by atoms with Gasteiger partial charge in [-0.2, -0.15) is 0 Å². The first-order chi connectivity index (χ1) is 7.51. The molecule has 0 unspecified atom stereocenters. The van der Waals surface area contributed by atoms with Gasteiger partial charge in [0.1, 0.15) is 6.61 Å². The fraction of sp³-hybridized carbons (Fsp3) is 0.727. The summed E-state index contributed by atoms with van der Waals surface area (Å²) in [5, 5.41) is 8.83. The Labute approximate surface area is 96.0 Å². The lowest BCUT2D eigenvalue weighted by Gasteiger charge is -2.29. The summed E-state index contributed by atoms with van der Waals surface area (Å²) in [4.78, 5) is 10.8. The first-order valence-electron chi connectivity index (χ1n) is 5.21. The summed E-state index contributed by atoms with van der Waals surface area (Å²) in [5.41, 5.74) is 0.166. The van der Waals surface area contributed by atoms with Gasteiger partial charge in [0.05, 0.1) is 0 Å². The smallest absolute Gasteiger partial charge is 0.331 e. The van der Waals surface area contributed by atoms with Crippen LogP contribution < -0.4 is 0 Å². The molecule has 0 heterocycles. The summed E-state index contributed by atoms with van der Waals surface area (Å²) < 4.78 is 15.9. The normalized spacial score (nSPS) is 12.9. The van der Waals surface area contributed by atoms with Gasteiger partial charge in [-0.1, -0.05) is 0 Å². The van der Waals surface area contributed by atoms with E-state index in [4.69, 9.17) is 19.3 Å². The topological polar surface area (TPSA) is 65.0 Å². The Bertz CT molecular complexity index is 230. The molecular formula is C11H20O5. The zero-order chi connectivity index (χ0) is 12.6. The number of ether oxygens (including phenoxy) is 3. The molecule has 0 saturated carbocycles. The maximum atomic E-state index is 10.8. The SMILES string of the molecule is CCOC(C=C(C)C(=O)O)(COC)OCC. The van der Waals surface area contributed by atoms with Crippen molar-refractivity contribution in [3.05, 3.63) is 11.6 Å². The average Bonchev–Trinajstić information content (AvgIpc) is 2.18. The molecule has 5 heteroatoms. The molecule has 0 fully saturated rings. The van der Waals surface area contributed by atoms with E-state index in [2.05, 4.69) is 0 Å². The van der Waals surface area contributed by atoms with Crippen molar-refractivity contribution in [2.24, 2.45) is 0 Å². The molecule has 0 aromatic rings. The van der Waals surface area contributed by atoms with Crippen LogP contribution in [0.5, 0.6) is 0 Å². The van der Waals surface area contributed by atoms with Crippen LogP contribution in [-0.4, -0.2) is 43.8 Å². The largest absolute Gasteiger partial charge is 0.478 e. The Morgan fingerprint density at radius 1 is 1.31 bits per heavy atom. The third-order valence-corrected chi connectivity index (χ3v) is 1.90. The van der Waals surface area contributed by atoms with Crippen LogP contribution in [0.2, 0.25) is 0 Å². The Balaban J connectivity index is 4.99. The molecule has 0 saturated heterocycles. The number of methoxy groups -OCH3 is 1. The third-order valence-electron chi connectivity index (χ3n) is 1.90. The monoisotopic (exact) mass is 232 g/mol. The molecule has 0 spiro atoms. The maximum absolute atomic E-state index is 10.8. The molecule has 0 bridgehead atoms. The van der Waals surface area contributed by atoms with Gasteiger partial charge < -0.3 is 19.3 Å². The molecule has 0 aromatic carbocycles. The van der Waals surface area contributed by atoms with Crippen molar-refractivity contribution in [1.29, 1.82) is 0 Å². The molecule has 16 heavy (non-hydrogen) atoms. The number of carboxylic acid groups (broad SMARTS) is 1. The van der Waals surface area contributed by atoms with Crippen molar-refractivity contribution in [1.82, 2.24) is 0 Å². The Morgan fingerprint density at radius 3 is 2.12 bits per heavy atom. The summed E-state index contributed by atoms with van der Waals surface area (Å²) >= 11 is 0. The van der Waals surface area contributed by atoms with Crippen LogP contribution in [0.4, 0.5) is 0 Å². The highest BCUT2D eigenvalue weighted by molar-refractivity contribution is 5.85.